The van der Waals surface area contributed by atoms with Crippen molar-refractivity contribution in [2.24, 2.45) is 5.73 Å². The summed E-state index contributed by atoms with van der Waals surface area (Å²) in [7, 11) is 0. The molecule has 0 saturated heterocycles. The van der Waals surface area contributed by atoms with Gasteiger partial charge in [0.15, 0.2) is 0 Å². The molecule has 0 atom stereocenters. The Morgan fingerprint density at radius 3 is 2.76 bits per heavy atom. The highest BCUT2D eigenvalue weighted by molar-refractivity contribution is 7.80. The zero-order chi connectivity index (χ0) is 12.7. The number of unbranched alkanes of at least 4 members (excludes halogenated alkanes) is 3. The minimum Gasteiger partial charge on any atom is -0.389 e. The fourth-order valence-electron chi connectivity index (χ4n) is 1.65. The van der Waals surface area contributed by atoms with E-state index in [-0.39, 0.29) is 10.8 Å². The Labute approximate surface area is 107 Å². The van der Waals surface area contributed by atoms with Crippen LogP contribution in [0.25, 0.3) is 0 Å². The van der Waals surface area contributed by atoms with Crippen molar-refractivity contribution < 1.29 is 4.39 Å². The second-order valence-corrected chi connectivity index (χ2v) is 4.48. The molecule has 3 N–H and O–H groups in total. The summed E-state index contributed by atoms with van der Waals surface area (Å²) in [4.78, 5) is 0.223. The molecule has 0 aliphatic heterocycles. The molecule has 0 saturated carbocycles. The lowest BCUT2D eigenvalue weighted by atomic mass is 10.1. The van der Waals surface area contributed by atoms with Crippen molar-refractivity contribution in [1.29, 1.82) is 0 Å². The van der Waals surface area contributed by atoms with Crippen molar-refractivity contribution >= 4 is 22.9 Å². The highest BCUT2D eigenvalue weighted by Crippen LogP contribution is 2.17. The normalized spacial score (nSPS) is 10.2. The van der Waals surface area contributed by atoms with E-state index in [1.54, 1.807) is 6.07 Å². The monoisotopic (exact) mass is 254 g/mol. The van der Waals surface area contributed by atoms with Gasteiger partial charge in [-0.15, -0.1) is 0 Å². The number of anilines is 1. The van der Waals surface area contributed by atoms with Crippen LogP contribution in [-0.4, -0.2) is 11.5 Å². The zero-order valence-corrected chi connectivity index (χ0v) is 10.9. The van der Waals surface area contributed by atoms with Crippen LogP contribution in [-0.2, 0) is 0 Å². The van der Waals surface area contributed by atoms with Gasteiger partial charge in [-0.3, -0.25) is 0 Å². The highest BCUT2D eigenvalue weighted by atomic mass is 32.1. The summed E-state index contributed by atoms with van der Waals surface area (Å²) in [5.41, 5.74) is 6.95. The van der Waals surface area contributed by atoms with Crippen molar-refractivity contribution in [3.8, 4) is 0 Å². The molecule has 1 aromatic rings. The Morgan fingerprint density at radius 2 is 2.12 bits per heavy atom. The van der Waals surface area contributed by atoms with Crippen LogP contribution < -0.4 is 11.1 Å². The summed E-state index contributed by atoms with van der Waals surface area (Å²) in [5.74, 6) is -0.315. The van der Waals surface area contributed by atoms with Crippen LogP contribution in [0, 0.1) is 5.82 Å². The Morgan fingerprint density at radius 1 is 1.35 bits per heavy atom. The van der Waals surface area contributed by atoms with Crippen molar-refractivity contribution in [3.63, 3.8) is 0 Å². The number of thiocarbonyl (C=S) groups is 1. The van der Waals surface area contributed by atoms with E-state index in [0.717, 1.165) is 18.7 Å². The fourth-order valence-corrected chi connectivity index (χ4v) is 1.82. The molecule has 0 aliphatic rings. The SMILES string of the molecule is CCCCCCNc1ccc(F)cc1C(N)=S. The number of hydrogen-bond acceptors (Lipinski definition) is 2. The third-order valence-corrected chi connectivity index (χ3v) is 2.81. The smallest absolute Gasteiger partial charge is 0.124 e. The number of hydrogen-bond donors (Lipinski definition) is 2. The summed E-state index contributed by atoms with van der Waals surface area (Å²) < 4.78 is 13.1. The van der Waals surface area contributed by atoms with Crippen LogP contribution in [0.2, 0.25) is 0 Å². The van der Waals surface area contributed by atoms with Crippen molar-refractivity contribution in [2.75, 3.05) is 11.9 Å². The van der Waals surface area contributed by atoms with Gasteiger partial charge in [0, 0.05) is 17.8 Å². The van der Waals surface area contributed by atoms with Crippen LogP contribution in [0.3, 0.4) is 0 Å². The van der Waals surface area contributed by atoms with Crippen LogP contribution in [0.5, 0.6) is 0 Å². The van der Waals surface area contributed by atoms with E-state index < -0.39 is 0 Å². The first-order valence-corrected chi connectivity index (χ1v) is 6.39. The van der Waals surface area contributed by atoms with Gasteiger partial charge in [-0.2, -0.15) is 0 Å². The van der Waals surface area contributed by atoms with E-state index in [2.05, 4.69) is 12.2 Å². The first kappa shape index (κ1) is 13.9. The summed E-state index contributed by atoms with van der Waals surface area (Å²) >= 11 is 4.90. The predicted molar refractivity (Wildman–Crippen MR) is 74.9 cm³/mol. The second-order valence-electron chi connectivity index (χ2n) is 4.04. The van der Waals surface area contributed by atoms with Gasteiger partial charge >= 0.3 is 0 Å². The Bertz CT molecular complexity index is 380. The summed E-state index contributed by atoms with van der Waals surface area (Å²) in [6.45, 7) is 3.04. The third kappa shape index (κ3) is 4.69. The molecular weight excluding hydrogens is 235 g/mol. The second kappa shape index (κ2) is 7.22. The van der Waals surface area contributed by atoms with Gasteiger partial charge < -0.3 is 11.1 Å². The summed E-state index contributed by atoms with van der Waals surface area (Å²) in [6.07, 6.45) is 4.76. The maximum absolute atomic E-state index is 13.1. The molecule has 1 rings (SSSR count). The van der Waals surface area contributed by atoms with Crippen molar-refractivity contribution in [3.05, 3.63) is 29.6 Å². The molecule has 0 bridgehead atoms. The van der Waals surface area contributed by atoms with Gasteiger partial charge in [0.1, 0.15) is 10.8 Å². The molecule has 1 aromatic carbocycles. The molecule has 0 spiro atoms. The quantitative estimate of drug-likeness (QED) is 0.578. The minimum absolute atomic E-state index is 0.223. The molecule has 17 heavy (non-hydrogen) atoms. The van der Waals surface area contributed by atoms with Crippen LogP contribution in [0.15, 0.2) is 18.2 Å². The largest absolute Gasteiger partial charge is 0.389 e. The van der Waals surface area contributed by atoms with E-state index >= 15 is 0 Å². The number of nitrogens with one attached hydrogen (secondary N) is 1. The maximum Gasteiger partial charge on any atom is 0.124 e. The number of rotatable bonds is 7. The molecule has 2 nitrogen and oxygen atoms in total. The van der Waals surface area contributed by atoms with Gasteiger partial charge in [-0.25, -0.2) is 4.39 Å². The standard InChI is InChI=1S/C13H19FN2S/c1-2-3-4-5-8-16-12-7-6-10(14)9-11(12)13(15)17/h6-7,9,16H,2-5,8H2,1H3,(H2,15,17). The number of benzene rings is 1. The molecule has 0 radical (unpaired) electrons. The van der Waals surface area contributed by atoms with E-state index in [1.165, 1.54) is 31.4 Å². The van der Waals surface area contributed by atoms with Gasteiger partial charge in [-0.1, -0.05) is 38.4 Å². The Kier molecular flexibility index (Phi) is 5.91. The van der Waals surface area contributed by atoms with Crippen molar-refractivity contribution in [2.45, 2.75) is 32.6 Å². The molecular formula is C13H19FN2S. The first-order chi connectivity index (χ1) is 8.15. The molecule has 0 aromatic heterocycles. The molecule has 0 heterocycles. The average Bonchev–Trinajstić information content (AvgIpc) is 2.30. The van der Waals surface area contributed by atoms with E-state index in [9.17, 15) is 4.39 Å². The molecule has 0 aliphatic carbocycles. The lowest BCUT2D eigenvalue weighted by Crippen LogP contribution is -2.14. The maximum atomic E-state index is 13.1. The van der Waals surface area contributed by atoms with Crippen LogP contribution >= 0.6 is 12.2 Å². The van der Waals surface area contributed by atoms with Gasteiger partial charge in [0.05, 0.1) is 0 Å². The van der Waals surface area contributed by atoms with E-state index in [1.807, 2.05) is 0 Å². The molecule has 4 heteroatoms. The lowest BCUT2D eigenvalue weighted by molar-refractivity contribution is 0.627. The minimum atomic E-state index is -0.315. The predicted octanol–water partition coefficient (Wildman–Crippen LogP) is 3.45. The average molecular weight is 254 g/mol. The van der Waals surface area contributed by atoms with E-state index in [0.29, 0.717) is 5.56 Å². The van der Waals surface area contributed by atoms with Gasteiger partial charge in [0.2, 0.25) is 0 Å². The molecule has 0 amide bonds. The summed E-state index contributed by atoms with van der Waals surface area (Å²) in [6, 6.07) is 4.47. The fraction of sp³-hybridized carbons (Fsp3) is 0.462. The Hall–Kier alpha value is -1.16. The lowest BCUT2D eigenvalue weighted by Gasteiger charge is -2.11. The van der Waals surface area contributed by atoms with E-state index in [4.69, 9.17) is 18.0 Å². The summed E-state index contributed by atoms with van der Waals surface area (Å²) in [5, 5.41) is 3.25. The Balaban J connectivity index is 2.55. The highest BCUT2D eigenvalue weighted by Gasteiger charge is 2.05. The first-order valence-electron chi connectivity index (χ1n) is 5.98. The van der Waals surface area contributed by atoms with Gasteiger partial charge in [0.25, 0.3) is 0 Å². The van der Waals surface area contributed by atoms with Crippen LogP contribution in [0.1, 0.15) is 38.2 Å². The van der Waals surface area contributed by atoms with Crippen molar-refractivity contribution in [1.82, 2.24) is 0 Å². The molecule has 0 fully saturated rings. The topological polar surface area (TPSA) is 38.0 Å². The zero-order valence-electron chi connectivity index (χ0n) is 10.1. The number of halogens is 1. The molecule has 94 valence electrons. The third-order valence-electron chi connectivity index (χ3n) is 2.59. The van der Waals surface area contributed by atoms with Crippen LogP contribution in [0.4, 0.5) is 10.1 Å². The van der Waals surface area contributed by atoms with Gasteiger partial charge in [-0.05, 0) is 24.6 Å². The number of nitrogens with two attached hydrogens (primary N) is 1. The molecule has 0 unspecified atom stereocenters.